The number of thiol groups is 1. The summed E-state index contributed by atoms with van der Waals surface area (Å²) in [6.07, 6.45) is 2.64. The summed E-state index contributed by atoms with van der Waals surface area (Å²) in [5.74, 6) is 0. The van der Waals surface area contributed by atoms with Crippen LogP contribution in [0.3, 0.4) is 0 Å². The molecule has 13 heavy (non-hydrogen) atoms. The molecular formula is C9H20O2SSi. The van der Waals surface area contributed by atoms with Gasteiger partial charge in [0, 0.05) is 13.0 Å². The van der Waals surface area contributed by atoms with Gasteiger partial charge in [0.25, 0.3) is 0 Å². The van der Waals surface area contributed by atoms with Gasteiger partial charge in [-0.05, 0) is 32.5 Å². The molecule has 0 rings (SSSR count). The second-order valence-electron chi connectivity index (χ2n) is 3.79. The molecule has 4 heteroatoms. The van der Waals surface area contributed by atoms with Crippen molar-refractivity contribution < 1.29 is 9.22 Å². The maximum atomic E-state index is 10.5. The van der Waals surface area contributed by atoms with Crippen LogP contribution in [0.15, 0.2) is 0 Å². The van der Waals surface area contributed by atoms with E-state index >= 15 is 0 Å². The average Bonchev–Trinajstić information content (AvgIpc) is 1.98. The second kappa shape index (κ2) is 6.62. The first-order valence-corrected chi connectivity index (χ1v) is 8.40. The summed E-state index contributed by atoms with van der Waals surface area (Å²) in [5, 5.41) is -0.00381. The fraction of sp³-hybridized carbons (Fsp3) is 0.889. The van der Waals surface area contributed by atoms with Crippen molar-refractivity contribution in [3.05, 3.63) is 0 Å². The normalized spacial score (nSPS) is 11.7. The van der Waals surface area contributed by atoms with Crippen LogP contribution in [0.25, 0.3) is 0 Å². The van der Waals surface area contributed by atoms with Gasteiger partial charge in [-0.3, -0.25) is 4.79 Å². The third kappa shape index (κ3) is 8.52. The number of unbranched alkanes of at least 4 members (excludes halogenated alkanes) is 1. The Morgan fingerprint density at radius 1 is 1.38 bits per heavy atom. The van der Waals surface area contributed by atoms with Crippen LogP contribution in [0.1, 0.15) is 26.2 Å². The molecular weight excluding hydrogens is 200 g/mol. The van der Waals surface area contributed by atoms with E-state index < -0.39 is 8.32 Å². The van der Waals surface area contributed by atoms with Crippen LogP contribution in [0.4, 0.5) is 0 Å². The lowest BCUT2D eigenvalue weighted by molar-refractivity contribution is -0.110. The van der Waals surface area contributed by atoms with Crippen LogP contribution >= 0.6 is 12.6 Å². The standard InChI is InChI=1S/C9H20O2SSi/c1-4-11-13(2,3)8-6-5-7-9(10)12/h4-8H2,1-3H3,(H,10,12). The summed E-state index contributed by atoms with van der Waals surface area (Å²) in [5.41, 5.74) is 0. The van der Waals surface area contributed by atoms with E-state index in [4.69, 9.17) is 4.43 Å². The molecule has 0 aromatic heterocycles. The fourth-order valence-electron chi connectivity index (χ4n) is 1.29. The Bertz CT molecular complexity index is 160. The minimum Gasteiger partial charge on any atom is -0.418 e. The van der Waals surface area contributed by atoms with Gasteiger partial charge in [-0.1, -0.05) is 6.42 Å². The lowest BCUT2D eigenvalue weighted by Gasteiger charge is -2.21. The van der Waals surface area contributed by atoms with E-state index in [1.54, 1.807) is 0 Å². The number of rotatable bonds is 7. The van der Waals surface area contributed by atoms with Crippen molar-refractivity contribution in [1.29, 1.82) is 0 Å². The van der Waals surface area contributed by atoms with Crippen molar-refractivity contribution in [2.24, 2.45) is 0 Å². The number of carbonyl (C=O) groups excluding carboxylic acids is 1. The van der Waals surface area contributed by atoms with Crippen LogP contribution in [-0.2, 0) is 9.22 Å². The molecule has 0 unspecified atom stereocenters. The third-order valence-corrected chi connectivity index (χ3v) is 4.81. The first-order valence-electron chi connectivity index (χ1n) is 4.83. The molecule has 0 atom stereocenters. The molecule has 0 aromatic carbocycles. The molecule has 0 amide bonds. The van der Waals surface area contributed by atoms with Gasteiger partial charge in [-0.2, -0.15) is 0 Å². The minimum absolute atomic E-state index is 0.00381. The van der Waals surface area contributed by atoms with Gasteiger partial charge in [0.05, 0.1) is 0 Å². The van der Waals surface area contributed by atoms with Crippen molar-refractivity contribution in [2.75, 3.05) is 6.61 Å². The minimum atomic E-state index is -1.41. The first-order chi connectivity index (χ1) is 5.98. The van der Waals surface area contributed by atoms with E-state index in [1.165, 1.54) is 0 Å². The average molecular weight is 220 g/mol. The molecule has 0 heterocycles. The van der Waals surface area contributed by atoms with Crippen LogP contribution < -0.4 is 0 Å². The number of hydrogen-bond acceptors (Lipinski definition) is 2. The molecule has 0 N–H and O–H groups in total. The zero-order valence-electron chi connectivity index (χ0n) is 8.80. The molecule has 0 radical (unpaired) electrons. The molecule has 2 nitrogen and oxygen atoms in total. The van der Waals surface area contributed by atoms with Crippen molar-refractivity contribution in [3.63, 3.8) is 0 Å². The van der Waals surface area contributed by atoms with Crippen LogP contribution in [-0.4, -0.2) is 20.0 Å². The highest BCUT2D eigenvalue weighted by Crippen LogP contribution is 2.16. The lowest BCUT2D eigenvalue weighted by atomic mass is 10.3. The zero-order chi connectivity index (χ0) is 10.3. The van der Waals surface area contributed by atoms with Gasteiger partial charge < -0.3 is 4.43 Å². The summed E-state index contributed by atoms with van der Waals surface area (Å²) in [6.45, 7) is 7.29. The lowest BCUT2D eigenvalue weighted by Crippen LogP contribution is -2.29. The van der Waals surface area contributed by atoms with E-state index in [-0.39, 0.29) is 5.12 Å². The van der Waals surface area contributed by atoms with Gasteiger partial charge in [0.15, 0.2) is 13.4 Å². The van der Waals surface area contributed by atoms with E-state index in [9.17, 15) is 4.79 Å². The maximum absolute atomic E-state index is 10.5. The Labute approximate surface area is 87.6 Å². The Kier molecular flexibility index (Phi) is 6.72. The summed E-state index contributed by atoms with van der Waals surface area (Å²) >= 11 is 3.73. The highest BCUT2D eigenvalue weighted by Gasteiger charge is 2.20. The molecule has 0 bridgehead atoms. The van der Waals surface area contributed by atoms with Gasteiger partial charge >= 0.3 is 0 Å². The Morgan fingerprint density at radius 2 is 2.00 bits per heavy atom. The first kappa shape index (κ1) is 13.2. The van der Waals surface area contributed by atoms with Crippen LogP contribution in [0.2, 0.25) is 19.1 Å². The van der Waals surface area contributed by atoms with E-state index in [2.05, 4.69) is 25.7 Å². The molecule has 0 aromatic rings. The number of carbonyl (C=O) groups is 1. The van der Waals surface area contributed by atoms with Gasteiger partial charge in [0.2, 0.25) is 0 Å². The highest BCUT2D eigenvalue weighted by atomic mass is 32.1. The topological polar surface area (TPSA) is 26.3 Å². The van der Waals surface area contributed by atoms with E-state index in [0.29, 0.717) is 6.42 Å². The molecule has 0 saturated heterocycles. The summed E-state index contributed by atoms with van der Waals surface area (Å²) in [4.78, 5) is 10.5. The van der Waals surface area contributed by atoms with Gasteiger partial charge in [-0.15, -0.1) is 12.6 Å². The molecule has 78 valence electrons. The summed E-state index contributed by atoms with van der Waals surface area (Å²) < 4.78 is 5.67. The van der Waals surface area contributed by atoms with Gasteiger partial charge in [-0.25, -0.2) is 0 Å². The molecule has 0 saturated carbocycles. The zero-order valence-corrected chi connectivity index (χ0v) is 10.7. The predicted octanol–water partition coefficient (Wildman–Crippen LogP) is 2.85. The van der Waals surface area contributed by atoms with Crippen LogP contribution in [0, 0.1) is 0 Å². The largest absolute Gasteiger partial charge is 0.418 e. The number of hydrogen-bond donors (Lipinski definition) is 1. The molecule has 0 aliphatic heterocycles. The van der Waals surface area contributed by atoms with Crippen molar-refractivity contribution in [3.8, 4) is 0 Å². The van der Waals surface area contributed by atoms with E-state index in [1.807, 2.05) is 6.92 Å². The quantitative estimate of drug-likeness (QED) is 0.406. The Balaban J connectivity index is 3.45. The van der Waals surface area contributed by atoms with Crippen molar-refractivity contribution >= 4 is 26.1 Å². The molecule has 0 aliphatic carbocycles. The van der Waals surface area contributed by atoms with Crippen molar-refractivity contribution in [2.45, 2.75) is 45.3 Å². The summed E-state index contributed by atoms with van der Waals surface area (Å²) in [6, 6.07) is 1.14. The van der Waals surface area contributed by atoms with Crippen LogP contribution in [0.5, 0.6) is 0 Å². The molecule has 0 fully saturated rings. The van der Waals surface area contributed by atoms with Gasteiger partial charge in [0.1, 0.15) is 0 Å². The third-order valence-electron chi connectivity index (χ3n) is 1.95. The summed E-state index contributed by atoms with van der Waals surface area (Å²) in [7, 11) is -1.41. The Hall–Kier alpha value is 0.197. The molecule has 0 aliphatic rings. The predicted molar refractivity (Wildman–Crippen MR) is 61.8 cm³/mol. The highest BCUT2D eigenvalue weighted by molar-refractivity contribution is 7.96. The van der Waals surface area contributed by atoms with E-state index in [0.717, 1.165) is 25.5 Å². The SMILES string of the molecule is CCO[Si](C)(C)CCCCC(=O)S. The smallest absolute Gasteiger partial charge is 0.186 e. The molecule has 0 spiro atoms. The van der Waals surface area contributed by atoms with Crippen molar-refractivity contribution in [1.82, 2.24) is 0 Å². The fourth-order valence-corrected chi connectivity index (χ4v) is 3.48. The Morgan fingerprint density at radius 3 is 2.46 bits per heavy atom. The maximum Gasteiger partial charge on any atom is 0.186 e. The monoisotopic (exact) mass is 220 g/mol. The second-order valence-corrected chi connectivity index (χ2v) is 8.60.